The molecule has 1 aromatic heterocycles. The van der Waals surface area contributed by atoms with E-state index in [0.29, 0.717) is 13.2 Å². The first-order chi connectivity index (χ1) is 14.7. The Morgan fingerprint density at radius 3 is 2.67 bits per heavy atom. The molecule has 0 atom stereocenters. The molecule has 3 aromatic rings. The molecule has 0 aliphatic carbocycles. The molecular weight excluding hydrogens is 381 g/mol. The Hall–Kier alpha value is -2.70. The van der Waals surface area contributed by atoms with Crippen LogP contribution in [0.3, 0.4) is 0 Å². The van der Waals surface area contributed by atoms with Crippen molar-refractivity contribution in [1.82, 2.24) is 14.5 Å². The lowest BCUT2D eigenvalue weighted by Gasteiger charge is -2.44. The number of rotatable bonds is 5. The fourth-order valence-electron chi connectivity index (χ4n) is 4.70. The number of imidazole rings is 1. The summed E-state index contributed by atoms with van der Waals surface area (Å²) in [5.74, 6) is 0.755. The summed E-state index contributed by atoms with van der Waals surface area (Å²) in [5.41, 5.74) is 3.52. The van der Waals surface area contributed by atoms with Crippen LogP contribution in [0, 0.1) is 5.82 Å². The van der Waals surface area contributed by atoms with Crippen LogP contribution in [0.1, 0.15) is 24.1 Å². The van der Waals surface area contributed by atoms with E-state index in [0.717, 1.165) is 60.7 Å². The molecular formula is C24H26FN3O2. The summed E-state index contributed by atoms with van der Waals surface area (Å²) in [4.78, 5) is 7.07. The maximum atomic E-state index is 14.1. The van der Waals surface area contributed by atoms with Crippen molar-refractivity contribution in [3.63, 3.8) is 0 Å². The van der Waals surface area contributed by atoms with Gasteiger partial charge in [0.25, 0.3) is 0 Å². The molecule has 0 radical (unpaired) electrons. The van der Waals surface area contributed by atoms with Crippen LogP contribution in [0.4, 0.5) is 4.39 Å². The molecule has 2 aliphatic rings. The number of halogens is 1. The van der Waals surface area contributed by atoms with E-state index < -0.39 is 5.60 Å². The third kappa shape index (κ3) is 3.30. The zero-order valence-electron chi connectivity index (χ0n) is 17.2. The lowest BCUT2D eigenvalue weighted by atomic mass is 9.83. The van der Waals surface area contributed by atoms with Crippen molar-refractivity contribution >= 4 is 0 Å². The maximum absolute atomic E-state index is 14.1. The Bertz CT molecular complexity index is 1040. The molecule has 0 amide bonds. The summed E-state index contributed by atoms with van der Waals surface area (Å²) in [6, 6.07) is 15.2. The van der Waals surface area contributed by atoms with E-state index in [-0.39, 0.29) is 5.82 Å². The van der Waals surface area contributed by atoms with E-state index in [9.17, 15) is 4.39 Å². The molecule has 0 saturated carbocycles. The van der Waals surface area contributed by atoms with Crippen molar-refractivity contribution in [1.29, 1.82) is 0 Å². The van der Waals surface area contributed by atoms with Crippen molar-refractivity contribution in [2.24, 2.45) is 0 Å². The van der Waals surface area contributed by atoms with Gasteiger partial charge in [-0.05, 0) is 18.2 Å². The van der Waals surface area contributed by atoms with Gasteiger partial charge in [-0.15, -0.1) is 0 Å². The second-order valence-electron chi connectivity index (χ2n) is 8.09. The largest absolute Gasteiger partial charge is 0.480 e. The van der Waals surface area contributed by atoms with Crippen molar-refractivity contribution in [2.75, 3.05) is 26.8 Å². The molecule has 1 saturated heterocycles. The van der Waals surface area contributed by atoms with Crippen LogP contribution in [-0.4, -0.2) is 41.3 Å². The Kier molecular flexibility index (Phi) is 5.05. The minimum atomic E-state index is -0.417. The van der Waals surface area contributed by atoms with Crippen molar-refractivity contribution < 1.29 is 13.9 Å². The number of aromatic nitrogens is 2. The summed E-state index contributed by atoms with van der Waals surface area (Å²) in [6.45, 7) is 3.66. The van der Waals surface area contributed by atoms with Crippen molar-refractivity contribution in [3.8, 4) is 17.0 Å². The van der Waals surface area contributed by atoms with Gasteiger partial charge in [0.2, 0.25) is 0 Å². The minimum absolute atomic E-state index is 0.138. The van der Waals surface area contributed by atoms with Crippen molar-refractivity contribution in [3.05, 3.63) is 71.9 Å². The van der Waals surface area contributed by atoms with Crippen LogP contribution < -0.4 is 4.74 Å². The molecule has 5 nitrogen and oxygen atoms in total. The molecule has 1 fully saturated rings. The molecule has 30 heavy (non-hydrogen) atoms. The second-order valence-corrected chi connectivity index (χ2v) is 8.09. The van der Waals surface area contributed by atoms with Crippen LogP contribution >= 0.6 is 0 Å². The Morgan fingerprint density at radius 1 is 1.10 bits per heavy atom. The Labute approximate surface area is 176 Å². The minimum Gasteiger partial charge on any atom is -0.480 e. The van der Waals surface area contributed by atoms with E-state index in [1.807, 2.05) is 36.7 Å². The van der Waals surface area contributed by atoms with Gasteiger partial charge in [-0.2, -0.15) is 0 Å². The maximum Gasteiger partial charge on any atom is 0.153 e. The first-order valence-electron chi connectivity index (χ1n) is 10.5. The topological polar surface area (TPSA) is 39.5 Å². The first-order valence-corrected chi connectivity index (χ1v) is 10.5. The molecule has 6 heteroatoms. The normalized spacial score (nSPS) is 17.4. The monoisotopic (exact) mass is 407 g/mol. The molecule has 156 valence electrons. The third-order valence-corrected chi connectivity index (χ3v) is 6.27. The van der Waals surface area contributed by atoms with Gasteiger partial charge in [-0.3, -0.25) is 4.90 Å². The Balaban J connectivity index is 1.44. The summed E-state index contributed by atoms with van der Waals surface area (Å²) in [7, 11) is 1.71. The third-order valence-electron chi connectivity index (χ3n) is 6.27. The van der Waals surface area contributed by atoms with Gasteiger partial charge < -0.3 is 14.0 Å². The molecule has 0 bridgehead atoms. The van der Waals surface area contributed by atoms with Gasteiger partial charge in [0.15, 0.2) is 5.60 Å². The summed E-state index contributed by atoms with van der Waals surface area (Å²) >= 11 is 0. The highest BCUT2D eigenvalue weighted by Gasteiger charge is 2.46. The highest BCUT2D eigenvalue weighted by Crippen LogP contribution is 2.49. The van der Waals surface area contributed by atoms with Gasteiger partial charge in [0, 0.05) is 57.3 Å². The highest BCUT2D eigenvalue weighted by molar-refractivity contribution is 5.72. The Morgan fingerprint density at radius 2 is 1.87 bits per heavy atom. The van der Waals surface area contributed by atoms with E-state index >= 15 is 0 Å². The number of hydrogen-bond donors (Lipinski definition) is 0. The van der Waals surface area contributed by atoms with E-state index in [4.69, 9.17) is 14.5 Å². The number of methoxy groups -OCH3 is 1. The standard InChI is InChI=1S/C24H26FN3O2/c1-29-15-14-28-17-26-22-19-7-3-5-9-21(19)30-24(23(22)28)10-12-27(13-11-24)16-18-6-2-4-8-20(18)25/h2-9,17H,10-16H2,1H3. The summed E-state index contributed by atoms with van der Waals surface area (Å²) in [6.07, 6.45) is 3.57. The fraction of sp³-hybridized carbons (Fsp3) is 0.375. The second kappa shape index (κ2) is 7.85. The zero-order valence-corrected chi connectivity index (χ0v) is 17.2. The van der Waals surface area contributed by atoms with E-state index in [2.05, 4.69) is 15.5 Å². The van der Waals surface area contributed by atoms with Gasteiger partial charge in [-0.1, -0.05) is 30.3 Å². The van der Waals surface area contributed by atoms with Gasteiger partial charge in [0.05, 0.1) is 24.3 Å². The number of fused-ring (bicyclic) bond motifs is 4. The predicted molar refractivity (Wildman–Crippen MR) is 113 cm³/mol. The molecule has 5 rings (SSSR count). The number of ether oxygens (including phenoxy) is 2. The van der Waals surface area contributed by atoms with Gasteiger partial charge in [-0.25, -0.2) is 9.37 Å². The SMILES string of the molecule is COCCn1cnc2c1C1(CCN(Cc3ccccc3F)CC1)Oc1ccccc1-2. The lowest BCUT2D eigenvalue weighted by Crippen LogP contribution is -2.48. The number of para-hydroxylation sites is 1. The highest BCUT2D eigenvalue weighted by atomic mass is 19.1. The average molecular weight is 407 g/mol. The predicted octanol–water partition coefficient (Wildman–Crippen LogP) is 4.22. The van der Waals surface area contributed by atoms with Crippen molar-refractivity contribution in [2.45, 2.75) is 31.5 Å². The quantitative estimate of drug-likeness (QED) is 0.635. The smallest absolute Gasteiger partial charge is 0.153 e. The van der Waals surface area contributed by atoms with Crippen LogP contribution in [0.25, 0.3) is 11.3 Å². The van der Waals surface area contributed by atoms with Crippen LogP contribution in [0.2, 0.25) is 0 Å². The van der Waals surface area contributed by atoms with E-state index in [1.54, 1.807) is 13.2 Å². The first kappa shape index (κ1) is 19.3. The van der Waals surface area contributed by atoms with Gasteiger partial charge in [0.1, 0.15) is 11.6 Å². The summed E-state index contributed by atoms with van der Waals surface area (Å²) in [5, 5.41) is 0. The fourth-order valence-corrected chi connectivity index (χ4v) is 4.70. The average Bonchev–Trinajstić information content (AvgIpc) is 3.21. The summed E-state index contributed by atoms with van der Waals surface area (Å²) < 4.78 is 28.3. The molecule has 3 heterocycles. The molecule has 2 aliphatic heterocycles. The number of piperidine rings is 1. The molecule has 0 N–H and O–H groups in total. The van der Waals surface area contributed by atoms with Crippen LogP contribution in [0.5, 0.6) is 5.75 Å². The lowest BCUT2D eigenvalue weighted by molar-refractivity contribution is -0.0137. The number of nitrogens with zero attached hydrogens (tertiary/aromatic N) is 3. The van der Waals surface area contributed by atoms with Crippen LogP contribution in [-0.2, 0) is 23.4 Å². The van der Waals surface area contributed by atoms with Crippen LogP contribution in [0.15, 0.2) is 54.9 Å². The van der Waals surface area contributed by atoms with Gasteiger partial charge >= 0.3 is 0 Å². The zero-order chi connectivity index (χ0) is 20.6. The molecule has 0 unspecified atom stereocenters. The van der Waals surface area contributed by atoms with E-state index in [1.165, 1.54) is 6.07 Å². The number of benzene rings is 2. The molecule has 2 aromatic carbocycles. The number of hydrogen-bond acceptors (Lipinski definition) is 4. The number of likely N-dealkylation sites (tertiary alicyclic amines) is 1. The molecule has 1 spiro atoms.